The molecule has 0 aliphatic rings. The lowest BCUT2D eigenvalue weighted by molar-refractivity contribution is 0.324. The highest BCUT2D eigenvalue weighted by molar-refractivity contribution is 5.81. The lowest BCUT2D eigenvalue weighted by Gasteiger charge is -2.04. The molecule has 2 rings (SSSR count). The van der Waals surface area contributed by atoms with E-state index < -0.39 is 5.83 Å². The number of hydrogen-bond acceptors (Lipinski definition) is 5. The molecule has 90 valence electrons. The molecule has 17 heavy (non-hydrogen) atoms. The standard InChI is InChI=1S/C10H12FN5O/c1-6(3-17)7(11)2-16-5-15-8-9(12)13-4-14-10(8)16/h4-5,17H,2-3H2,1H3,(H2,12,13,14). The highest BCUT2D eigenvalue weighted by Crippen LogP contribution is 2.16. The number of rotatable bonds is 3. The van der Waals surface area contributed by atoms with E-state index in [9.17, 15) is 4.39 Å². The van der Waals surface area contributed by atoms with Gasteiger partial charge in [-0.2, -0.15) is 0 Å². The van der Waals surface area contributed by atoms with Gasteiger partial charge in [-0.15, -0.1) is 0 Å². The molecule has 3 N–H and O–H groups in total. The largest absolute Gasteiger partial charge is 0.392 e. The first kappa shape index (κ1) is 11.5. The Balaban J connectivity index is 2.41. The maximum absolute atomic E-state index is 13.6. The summed E-state index contributed by atoms with van der Waals surface area (Å²) in [4.78, 5) is 11.8. The van der Waals surface area contributed by atoms with E-state index in [1.54, 1.807) is 0 Å². The number of aliphatic hydroxyl groups is 1. The van der Waals surface area contributed by atoms with E-state index in [2.05, 4.69) is 15.0 Å². The molecule has 0 saturated heterocycles. The van der Waals surface area contributed by atoms with Crippen molar-refractivity contribution in [2.75, 3.05) is 12.3 Å². The van der Waals surface area contributed by atoms with E-state index in [4.69, 9.17) is 10.8 Å². The molecule has 0 aliphatic carbocycles. The number of anilines is 1. The van der Waals surface area contributed by atoms with Gasteiger partial charge in [-0.05, 0) is 12.5 Å². The summed E-state index contributed by atoms with van der Waals surface area (Å²) in [5.41, 5.74) is 6.82. The molecule has 0 radical (unpaired) electrons. The first-order chi connectivity index (χ1) is 8.13. The summed E-state index contributed by atoms with van der Waals surface area (Å²) in [5.74, 6) is -0.152. The van der Waals surface area contributed by atoms with Crippen molar-refractivity contribution >= 4 is 17.0 Å². The minimum absolute atomic E-state index is 0.0284. The number of nitrogens with zero attached hydrogens (tertiary/aromatic N) is 4. The first-order valence-electron chi connectivity index (χ1n) is 4.99. The van der Waals surface area contributed by atoms with Crippen LogP contribution in [-0.4, -0.2) is 31.2 Å². The van der Waals surface area contributed by atoms with Crippen molar-refractivity contribution in [1.82, 2.24) is 19.5 Å². The molecule has 2 aromatic rings. The van der Waals surface area contributed by atoms with Gasteiger partial charge in [0.25, 0.3) is 0 Å². The second-order valence-corrected chi connectivity index (χ2v) is 3.65. The van der Waals surface area contributed by atoms with Crippen molar-refractivity contribution in [1.29, 1.82) is 0 Å². The minimum Gasteiger partial charge on any atom is -0.392 e. The molecule has 0 bridgehead atoms. The Morgan fingerprint density at radius 2 is 2.24 bits per heavy atom. The Hall–Kier alpha value is -2.02. The van der Waals surface area contributed by atoms with Crippen molar-refractivity contribution in [3.8, 4) is 0 Å². The van der Waals surface area contributed by atoms with Crippen LogP contribution in [0.25, 0.3) is 11.2 Å². The van der Waals surface area contributed by atoms with Gasteiger partial charge in [0.15, 0.2) is 11.5 Å². The summed E-state index contributed by atoms with van der Waals surface area (Å²) in [6.07, 6.45) is 2.75. The summed E-state index contributed by atoms with van der Waals surface area (Å²) >= 11 is 0. The van der Waals surface area contributed by atoms with Crippen LogP contribution in [0.2, 0.25) is 0 Å². The van der Waals surface area contributed by atoms with Crippen LogP contribution in [0.3, 0.4) is 0 Å². The fourth-order valence-corrected chi connectivity index (χ4v) is 1.38. The highest BCUT2D eigenvalue weighted by Gasteiger charge is 2.10. The lowest BCUT2D eigenvalue weighted by Crippen LogP contribution is -2.02. The van der Waals surface area contributed by atoms with Gasteiger partial charge in [-0.3, -0.25) is 0 Å². The number of aliphatic hydroxyl groups excluding tert-OH is 1. The maximum atomic E-state index is 13.6. The zero-order chi connectivity index (χ0) is 12.4. The quantitative estimate of drug-likeness (QED) is 0.817. The van der Waals surface area contributed by atoms with E-state index in [1.807, 2.05) is 0 Å². The molecule has 6 nitrogen and oxygen atoms in total. The molecule has 2 heterocycles. The van der Waals surface area contributed by atoms with E-state index in [0.717, 1.165) is 0 Å². The number of halogens is 1. The third kappa shape index (κ3) is 2.09. The van der Waals surface area contributed by atoms with E-state index in [-0.39, 0.29) is 24.5 Å². The Kier molecular flexibility index (Phi) is 3.01. The molecule has 0 aromatic carbocycles. The number of imidazole rings is 1. The number of nitrogens with two attached hydrogens (primary N) is 1. The zero-order valence-corrected chi connectivity index (χ0v) is 9.26. The van der Waals surface area contributed by atoms with Gasteiger partial charge in [0.2, 0.25) is 0 Å². The Morgan fingerprint density at radius 3 is 2.94 bits per heavy atom. The molecule has 0 aliphatic heterocycles. The predicted octanol–water partition coefficient (Wildman–Crippen LogP) is 0.644. The van der Waals surface area contributed by atoms with Gasteiger partial charge in [-0.1, -0.05) is 0 Å². The highest BCUT2D eigenvalue weighted by atomic mass is 19.1. The molecule has 2 aromatic heterocycles. The molecule has 0 saturated carbocycles. The number of fused-ring (bicyclic) bond motifs is 1. The minimum atomic E-state index is -0.413. The Morgan fingerprint density at radius 1 is 1.47 bits per heavy atom. The van der Waals surface area contributed by atoms with Gasteiger partial charge in [0.1, 0.15) is 17.7 Å². The molecule has 0 unspecified atom stereocenters. The van der Waals surface area contributed by atoms with Gasteiger partial charge < -0.3 is 15.4 Å². The Bertz CT molecular complexity index is 577. The first-order valence-corrected chi connectivity index (χ1v) is 4.99. The summed E-state index contributed by atoms with van der Waals surface area (Å²) in [5, 5.41) is 8.82. The lowest BCUT2D eigenvalue weighted by atomic mass is 10.3. The van der Waals surface area contributed by atoms with Crippen LogP contribution in [0.15, 0.2) is 24.1 Å². The van der Waals surface area contributed by atoms with Crippen LogP contribution in [0.4, 0.5) is 10.2 Å². The summed E-state index contributed by atoms with van der Waals surface area (Å²) < 4.78 is 15.1. The number of aromatic nitrogens is 4. The van der Waals surface area contributed by atoms with Crippen molar-refractivity contribution in [2.45, 2.75) is 13.5 Å². The average Bonchev–Trinajstić information content (AvgIpc) is 2.73. The van der Waals surface area contributed by atoms with Crippen LogP contribution in [0.5, 0.6) is 0 Å². The third-order valence-corrected chi connectivity index (χ3v) is 2.44. The van der Waals surface area contributed by atoms with Crippen molar-refractivity contribution in [3.05, 3.63) is 24.1 Å². The molecule has 7 heteroatoms. The third-order valence-electron chi connectivity index (χ3n) is 2.44. The van der Waals surface area contributed by atoms with Gasteiger partial charge in [0.05, 0.1) is 19.5 Å². The summed E-state index contributed by atoms with van der Waals surface area (Å²) in [7, 11) is 0. The van der Waals surface area contributed by atoms with E-state index >= 15 is 0 Å². The van der Waals surface area contributed by atoms with Crippen molar-refractivity contribution in [2.24, 2.45) is 0 Å². The fraction of sp³-hybridized carbons (Fsp3) is 0.300. The van der Waals surface area contributed by atoms with E-state index in [1.165, 1.54) is 24.1 Å². The van der Waals surface area contributed by atoms with Gasteiger partial charge >= 0.3 is 0 Å². The topological polar surface area (TPSA) is 89.8 Å². The second kappa shape index (κ2) is 4.46. The molecule has 0 fully saturated rings. The second-order valence-electron chi connectivity index (χ2n) is 3.65. The molecular formula is C10H12FN5O. The fourth-order valence-electron chi connectivity index (χ4n) is 1.38. The predicted molar refractivity (Wildman–Crippen MR) is 60.6 cm³/mol. The van der Waals surface area contributed by atoms with Crippen LogP contribution < -0.4 is 5.73 Å². The Labute approximate surface area is 96.6 Å². The number of hydrogen-bond donors (Lipinski definition) is 2. The molecular weight excluding hydrogens is 225 g/mol. The van der Waals surface area contributed by atoms with Crippen LogP contribution in [0, 0.1) is 0 Å². The molecule has 0 atom stereocenters. The monoisotopic (exact) mass is 237 g/mol. The van der Waals surface area contributed by atoms with E-state index in [0.29, 0.717) is 11.2 Å². The smallest absolute Gasteiger partial charge is 0.165 e. The number of allylic oxidation sites excluding steroid dienone is 1. The van der Waals surface area contributed by atoms with Gasteiger partial charge in [-0.25, -0.2) is 19.3 Å². The summed E-state index contributed by atoms with van der Waals surface area (Å²) in [6.45, 7) is 1.19. The molecule has 0 amide bonds. The normalized spacial score (nSPS) is 12.9. The van der Waals surface area contributed by atoms with Crippen LogP contribution in [-0.2, 0) is 6.54 Å². The van der Waals surface area contributed by atoms with Gasteiger partial charge in [0, 0.05) is 0 Å². The average molecular weight is 237 g/mol. The maximum Gasteiger partial charge on any atom is 0.165 e. The SMILES string of the molecule is CC(CO)=C(F)Cn1cnc2c(N)ncnc21. The van der Waals surface area contributed by atoms with Crippen molar-refractivity contribution in [3.63, 3.8) is 0 Å². The van der Waals surface area contributed by atoms with Crippen LogP contribution >= 0.6 is 0 Å². The number of nitrogen functional groups attached to an aromatic ring is 1. The zero-order valence-electron chi connectivity index (χ0n) is 9.26. The molecule has 0 spiro atoms. The summed E-state index contributed by atoms with van der Waals surface area (Å²) in [6, 6.07) is 0. The van der Waals surface area contributed by atoms with Crippen molar-refractivity contribution < 1.29 is 9.50 Å². The van der Waals surface area contributed by atoms with Crippen LogP contribution in [0.1, 0.15) is 6.92 Å².